The second-order valence-corrected chi connectivity index (χ2v) is 6.75. The van der Waals surface area contributed by atoms with E-state index in [1.165, 1.54) is 12.6 Å². The Morgan fingerprint density at radius 2 is 2.20 bits per heavy atom. The fraction of sp³-hybridized carbons (Fsp3) is 0.667. The largest absolute Gasteiger partial charge is 0.447 e. The summed E-state index contributed by atoms with van der Waals surface area (Å²) >= 11 is 0. The topological polar surface area (TPSA) is 72.2 Å². The lowest BCUT2D eigenvalue weighted by Crippen LogP contribution is -2.41. The van der Waals surface area contributed by atoms with Crippen LogP contribution in [0.15, 0.2) is 17.0 Å². The first-order valence-electron chi connectivity index (χ1n) is 4.60. The van der Waals surface area contributed by atoms with Gasteiger partial charge in [-0.3, -0.25) is 0 Å². The van der Waals surface area contributed by atoms with Crippen LogP contribution in [0.2, 0.25) is 0 Å². The molecule has 1 aromatic rings. The van der Waals surface area contributed by atoms with Gasteiger partial charge in [-0.15, -0.1) is 0 Å². The summed E-state index contributed by atoms with van der Waals surface area (Å²) in [6, 6.07) is 0. The Balaban J connectivity index is 2.44. The van der Waals surface area contributed by atoms with Gasteiger partial charge in [0.25, 0.3) is 0 Å². The molecular weight excluding hydrogens is 216 g/mol. The Kier molecular flexibility index (Phi) is 3.51. The van der Waals surface area contributed by atoms with E-state index in [4.69, 9.17) is 4.42 Å². The van der Waals surface area contributed by atoms with E-state index in [0.717, 1.165) is 0 Å². The summed E-state index contributed by atoms with van der Waals surface area (Å²) in [6.07, 6.45) is 4.18. The second kappa shape index (κ2) is 4.32. The summed E-state index contributed by atoms with van der Waals surface area (Å²) in [5, 5.41) is 3.02. The van der Waals surface area contributed by atoms with Gasteiger partial charge >= 0.3 is 0 Å². The maximum atomic E-state index is 11.4. The number of sulfone groups is 1. The summed E-state index contributed by atoms with van der Waals surface area (Å²) < 4.78 is 27.0. The molecule has 0 fully saturated rings. The Morgan fingerprint density at radius 1 is 1.53 bits per heavy atom. The Labute approximate surface area is 89.8 Å². The summed E-state index contributed by atoms with van der Waals surface area (Å²) in [4.78, 5) is 3.76. The van der Waals surface area contributed by atoms with Crippen molar-refractivity contribution >= 4 is 9.84 Å². The summed E-state index contributed by atoms with van der Waals surface area (Å²) in [7, 11) is -3.05. The van der Waals surface area contributed by atoms with Crippen LogP contribution in [0.4, 0.5) is 0 Å². The van der Waals surface area contributed by atoms with Gasteiger partial charge in [0.15, 0.2) is 16.2 Å². The molecule has 1 rings (SSSR count). The third-order valence-electron chi connectivity index (χ3n) is 2.34. The first kappa shape index (κ1) is 12.2. The molecule has 0 spiro atoms. The van der Waals surface area contributed by atoms with Gasteiger partial charge in [0.05, 0.1) is 17.5 Å². The number of hydrogen-bond donors (Lipinski definition) is 1. The smallest absolute Gasteiger partial charge is 0.180 e. The molecule has 0 aliphatic rings. The van der Waals surface area contributed by atoms with Crippen molar-refractivity contribution in [2.75, 3.05) is 12.8 Å². The van der Waals surface area contributed by atoms with Gasteiger partial charge in [-0.2, -0.15) is 0 Å². The third kappa shape index (κ3) is 3.32. The van der Waals surface area contributed by atoms with Crippen LogP contribution < -0.4 is 5.32 Å². The fourth-order valence-corrected chi connectivity index (χ4v) is 1.31. The van der Waals surface area contributed by atoms with E-state index >= 15 is 0 Å². The first-order chi connectivity index (χ1) is 6.83. The Bertz CT molecular complexity index is 395. The average molecular weight is 232 g/mol. The maximum Gasteiger partial charge on any atom is 0.180 e. The monoisotopic (exact) mass is 232 g/mol. The van der Waals surface area contributed by atoms with Crippen LogP contribution in [0.25, 0.3) is 0 Å². The van der Waals surface area contributed by atoms with Gasteiger partial charge in [0.1, 0.15) is 5.76 Å². The van der Waals surface area contributed by atoms with Crippen molar-refractivity contribution in [1.82, 2.24) is 10.3 Å². The number of nitrogens with one attached hydrogen (secondary N) is 1. The molecule has 0 aromatic carbocycles. The van der Waals surface area contributed by atoms with Crippen molar-refractivity contribution in [3.8, 4) is 0 Å². The lowest BCUT2D eigenvalue weighted by molar-refractivity contribution is 0.461. The lowest BCUT2D eigenvalue weighted by Gasteiger charge is -2.22. The standard InChI is InChI=1S/C9H16N2O3S/c1-9(2,15(3,12)13)6-10-4-8-5-11-7-14-8/h5,7,10H,4,6H2,1-3H3. The van der Waals surface area contributed by atoms with Crippen molar-refractivity contribution in [2.45, 2.75) is 25.1 Å². The van der Waals surface area contributed by atoms with Crippen LogP contribution in [0.5, 0.6) is 0 Å². The minimum atomic E-state index is -3.05. The Hall–Kier alpha value is -0.880. The second-order valence-electron chi connectivity index (χ2n) is 4.10. The van der Waals surface area contributed by atoms with E-state index in [1.54, 1.807) is 20.0 Å². The molecule has 0 aliphatic heterocycles. The van der Waals surface area contributed by atoms with E-state index in [2.05, 4.69) is 10.3 Å². The zero-order valence-electron chi connectivity index (χ0n) is 9.15. The molecule has 0 aliphatic carbocycles. The molecule has 0 radical (unpaired) electrons. The van der Waals surface area contributed by atoms with Crippen molar-refractivity contribution < 1.29 is 12.8 Å². The van der Waals surface area contributed by atoms with Gasteiger partial charge in [-0.1, -0.05) is 0 Å². The summed E-state index contributed by atoms with van der Waals surface area (Å²) in [6.45, 7) is 4.25. The van der Waals surface area contributed by atoms with E-state index in [9.17, 15) is 8.42 Å². The fourth-order valence-electron chi connectivity index (χ4n) is 0.947. The molecule has 15 heavy (non-hydrogen) atoms. The number of nitrogens with zero attached hydrogens (tertiary/aromatic N) is 1. The SMILES string of the molecule is CC(C)(CNCc1cnco1)S(C)(=O)=O. The van der Waals surface area contributed by atoms with Crippen molar-refractivity contribution in [2.24, 2.45) is 0 Å². The highest BCUT2D eigenvalue weighted by Gasteiger charge is 2.29. The lowest BCUT2D eigenvalue weighted by atomic mass is 10.2. The Morgan fingerprint density at radius 3 is 2.67 bits per heavy atom. The first-order valence-corrected chi connectivity index (χ1v) is 6.50. The molecular formula is C9H16N2O3S. The van der Waals surface area contributed by atoms with Crippen LogP contribution in [-0.4, -0.2) is 30.9 Å². The highest BCUT2D eigenvalue weighted by atomic mass is 32.2. The number of hydrogen-bond acceptors (Lipinski definition) is 5. The number of oxazole rings is 1. The quantitative estimate of drug-likeness (QED) is 0.804. The average Bonchev–Trinajstić information content (AvgIpc) is 2.54. The van der Waals surface area contributed by atoms with E-state index in [0.29, 0.717) is 18.8 Å². The molecule has 0 amide bonds. The molecule has 0 saturated carbocycles. The number of rotatable bonds is 5. The minimum absolute atomic E-state index is 0.381. The molecule has 86 valence electrons. The molecule has 5 nitrogen and oxygen atoms in total. The maximum absolute atomic E-state index is 11.4. The predicted molar refractivity (Wildman–Crippen MR) is 57.1 cm³/mol. The van der Waals surface area contributed by atoms with Crippen LogP contribution >= 0.6 is 0 Å². The molecule has 1 N–H and O–H groups in total. The summed E-state index contributed by atoms with van der Waals surface area (Å²) in [5.41, 5.74) is 0. The van der Waals surface area contributed by atoms with Crippen molar-refractivity contribution in [3.63, 3.8) is 0 Å². The zero-order valence-corrected chi connectivity index (χ0v) is 9.97. The van der Waals surface area contributed by atoms with E-state index in [-0.39, 0.29) is 0 Å². The minimum Gasteiger partial charge on any atom is -0.447 e. The highest BCUT2D eigenvalue weighted by molar-refractivity contribution is 7.92. The molecule has 0 unspecified atom stereocenters. The normalized spacial score (nSPS) is 13.0. The molecule has 0 atom stereocenters. The molecule has 1 aromatic heterocycles. The highest BCUT2D eigenvalue weighted by Crippen LogP contribution is 2.13. The number of aromatic nitrogens is 1. The van der Waals surface area contributed by atoms with Gasteiger partial charge in [0, 0.05) is 12.8 Å². The van der Waals surface area contributed by atoms with E-state index in [1.807, 2.05) is 0 Å². The van der Waals surface area contributed by atoms with Gasteiger partial charge in [-0.25, -0.2) is 13.4 Å². The van der Waals surface area contributed by atoms with Crippen LogP contribution in [-0.2, 0) is 16.4 Å². The molecule has 0 bridgehead atoms. The van der Waals surface area contributed by atoms with Gasteiger partial charge in [0.2, 0.25) is 0 Å². The van der Waals surface area contributed by atoms with Gasteiger partial charge in [-0.05, 0) is 13.8 Å². The van der Waals surface area contributed by atoms with Crippen molar-refractivity contribution in [3.05, 3.63) is 18.4 Å². The molecule has 0 saturated heterocycles. The van der Waals surface area contributed by atoms with Crippen molar-refractivity contribution in [1.29, 1.82) is 0 Å². The third-order valence-corrected chi connectivity index (χ3v) is 4.49. The predicted octanol–water partition coefficient (Wildman–Crippen LogP) is 0.587. The van der Waals surface area contributed by atoms with E-state index < -0.39 is 14.6 Å². The van der Waals surface area contributed by atoms with Crippen LogP contribution in [0, 0.1) is 0 Å². The van der Waals surface area contributed by atoms with Crippen LogP contribution in [0.3, 0.4) is 0 Å². The van der Waals surface area contributed by atoms with Crippen LogP contribution in [0.1, 0.15) is 19.6 Å². The molecule has 6 heteroatoms. The summed E-state index contributed by atoms with van der Waals surface area (Å²) in [5.74, 6) is 0.694. The molecule has 1 heterocycles. The van der Waals surface area contributed by atoms with Gasteiger partial charge < -0.3 is 9.73 Å². The zero-order chi connectivity index (χ0) is 11.5.